The van der Waals surface area contributed by atoms with Gasteiger partial charge >= 0.3 is 0 Å². The van der Waals surface area contributed by atoms with E-state index in [9.17, 15) is 0 Å². The first kappa shape index (κ1) is 30.0. The maximum absolute atomic E-state index is 2.47. The zero-order chi connectivity index (χ0) is 34.4. The van der Waals surface area contributed by atoms with Crippen molar-refractivity contribution in [2.75, 3.05) is 4.90 Å². The van der Waals surface area contributed by atoms with Crippen molar-refractivity contribution in [2.45, 2.75) is 0 Å². The van der Waals surface area contributed by atoms with Crippen LogP contribution in [-0.2, 0) is 0 Å². The number of hydrogen-bond acceptors (Lipinski definition) is 1. The number of aromatic nitrogens is 1. The molecule has 244 valence electrons. The third-order valence-corrected chi connectivity index (χ3v) is 10.3. The van der Waals surface area contributed by atoms with E-state index in [0.717, 1.165) is 22.7 Å². The van der Waals surface area contributed by atoms with Gasteiger partial charge in [-0.25, -0.2) is 0 Å². The van der Waals surface area contributed by atoms with Crippen LogP contribution in [0.2, 0.25) is 0 Å². The minimum absolute atomic E-state index is 1.10. The molecular weight excluding hydrogens is 629 g/mol. The molecule has 0 amide bonds. The molecule has 0 aliphatic rings. The van der Waals surface area contributed by atoms with E-state index in [2.05, 4.69) is 216 Å². The number of hydrogen-bond donors (Lipinski definition) is 0. The molecule has 0 fully saturated rings. The summed E-state index contributed by atoms with van der Waals surface area (Å²) in [6.07, 6.45) is 0. The molecule has 1 aromatic heterocycles. The lowest BCUT2D eigenvalue weighted by Gasteiger charge is -2.30. The van der Waals surface area contributed by atoms with Crippen LogP contribution >= 0.6 is 0 Å². The average molecular weight is 663 g/mol. The molecule has 9 aromatic carbocycles. The first-order valence-corrected chi connectivity index (χ1v) is 17.9. The Morgan fingerprint density at radius 1 is 0.365 bits per heavy atom. The summed E-state index contributed by atoms with van der Waals surface area (Å²) in [7, 11) is 0. The van der Waals surface area contributed by atoms with Gasteiger partial charge in [-0.3, -0.25) is 0 Å². The van der Waals surface area contributed by atoms with Gasteiger partial charge in [0.1, 0.15) is 0 Å². The molecule has 0 unspecified atom stereocenters. The summed E-state index contributed by atoms with van der Waals surface area (Å²) in [6.45, 7) is 0. The molecule has 0 saturated carbocycles. The minimum Gasteiger partial charge on any atom is -0.309 e. The number of fused-ring (bicyclic) bond motifs is 5. The van der Waals surface area contributed by atoms with Crippen LogP contribution in [0.15, 0.2) is 206 Å². The lowest BCUT2D eigenvalue weighted by molar-refractivity contribution is 1.18. The van der Waals surface area contributed by atoms with Crippen LogP contribution in [-0.4, -0.2) is 4.57 Å². The normalized spacial score (nSPS) is 11.5. The van der Waals surface area contributed by atoms with Crippen LogP contribution < -0.4 is 4.90 Å². The largest absolute Gasteiger partial charge is 0.309 e. The Morgan fingerprint density at radius 3 is 1.67 bits per heavy atom. The molecule has 10 aromatic rings. The second kappa shape index (κ2) is 12.5. The molecule has 1 heterocycles. The van der Waals surface area contributed by atoms with Gasteiger partial charge in [0, 0.05) is 27.7 Å². The summed E-state index contributed by atoms with van der Waals surface area (Å²) in [5.74, 6) is 0. The van der Waals surface area contributed by atoms with Gasteiger partial charge in [0.25, 0.3) is 0 Å². The van der Waals surface area contributed by atoms with E-state index in [0.29, 0.717) is 0 Å². The van der Waals surface area contributed by atoms with Crippen molar-refractivity contribution in [3.8, 4) is 27.9 Å². The summed E-state index contributed by atoms with van der Waals surface area (Å²) in [6, 6.07) is 74.8. The van der Waals surface area contributed by atoms with Crippen molar-refractivity contribution in [3.05, 3.63) is 206 Å². The Bertz CT molecular complexity index is 2900. The lowest BCUT2D eigenvalue weighted by atomic mass is 9.90. The fourth-order valence-corrected chi connectivity index (χ4v) is 8.00. The van der Waals surface area contributed by atoms with Crippen molar-refractivity contribution < 1.29 is 0 Å². The summed E-state index contributed by atoms with van der Waals surface area (Å²) < 4.78 is 2.40. The molecule has 0 saturated heterocycles. The zero-order valence-electron chi connectivity index (χ0n) is 28.5. The van der Waals surface area contributed by atoms with Crippen molar-refractivity contribution in [2.24, 2.45) is 0 Å². The highest BCUT2D eigenvalue weighted by Crippen LogP contribution is 2.49. The minimum atomic E-state index is 1.10. The molecule has 2 heteroatoms. The number of para-hydroxylation sites is 3. The maximum Gasteiger partial charge on any atom is 0.0562 e. The molecule has 0 atom stereocenters. The van der Waals surface area contributed by atoms with Crippen molar-refractivity contribution >= 4 is 60.4 Å². The highest BCUT2D eigenvalue weighted by atomic mass is 15.2. The van der Waals surface area contributed by atoms with Gasteiger partial charge < -0.3 is 9.47 Å². The number of anilines is 3. The van der Waals surface area contributed by atoms with Crippen LogP contribution in [0, 0.1) is 0 Å². The third kappa shape index (κ3) is 4.96. The SMILES string of the molecule is c1ccc(N(c2cccc(-c3ccc4ccccc4c3)c2-c2ccc3ccccc3c2)c2cccc3c2c2ccccc2n3-c2ccccc2)cc1. The molecule has 0 bridgehead atoms. The fraction of sp³-hybridized carbons (Fsp3) is 0. The summed E-state index contributed by atoms with van der Waals surface area (Å²) >= 11 is 0. The monoisotopic (exact) mass is 662 g/mol. The average Bonchev–Trinajstić information content (AvgIpc) is 3.56. The highest BCUT2D eigenvalue weighted by Gasteiger charge is 2.24. The maximum atomic E-state index is 2.47. The second-order valence-corrected chi connectivity index (χ2v) is 13.4. The topological polar surface area (TPSA) is 8.17 Å². The van der Waals surface area contributed by atoms with E-state index in [1.807, 2.05) is 0 Å². The van der Waals surface area contributed by atoms with Gasteiger partial charge in [-0.2, -0.15) is 0 Å². The molecule has 0 N–H and O–H groups in total. The number of rotatable bonds is 6. The van der Waals surface area contributed by atoms with Crippen LogP contribution in [0.3, 0.4) is 0 Å². The standard InChI is InChI=1S/C50H34N2/c1-3-19-41(20-4-1)51-45-25-12-11-23-44(45)50-47(51)27-14-28-48(50)52(42-21-5-2-6-22-42)46-26-13-24-43(39-31-29-35-15-7-9-17-37(35)33-39)49(46)40-32-30-36-16-8-10-18-38(36)34-40/h1-34H. The van der Waals surface area contributed by atoms with Crippen molar-refractivity contribution in [1.29, 1.82) is 0 Å². The van der Waals surface area contributed by atoms with Crippen LogP contribution in [0.4, 0.5) is 17.1 Å². The van der Waals surface area contributed by atoms with E-state index in [4.69, 9.17) is 0 Å². The molecular formula is C50H34N2. The van der Waals surface area contributed by atoms with Gasteiger partial charge in [-0.1, -0.05) is 146 Å². The highest BCUT2D eigenvalue weighted by molar-refractivity contribution is 6.17. The van der Waals surface area contributed by atoms with E-state index in [1.54, 1.807) is 0 Å². The summed E-state index contributed by atoms with van der Waals surface area (Å²) in [5.41, 5.74) is 11.6. The van der Waals surface area contributed by atoms with Gasteiger partial charge in [-0.05, 0) is 98.9 Å². The quantitative estimate of drug-likeness (QED) is 0.172. The Hall–Kier alpha value is -6.90. The molecule has 52 heavy (non-hydrogen) atoms. The molecule has 0 aliphatic heterocycles. The molecule has 0 aliphatic carbocycles. The van der Waals surface area contributed by atoms with E-state index < -0.39 is 0 Å². The first-order valence-electron chi connectivity index (χ1n) is 17.9. The Morgan fingerprint density at radius 2 is 0.923 bits per heavy atom. The zero-order valence-corrected chi connectivity index (χ0v) is 28.5. The second-order valence-electron chi connectivity index (χ2n) is 13.4. The van der Waals surface area contributed by atoms with Gasteiger partial charge in [0.2, 0.25) is 0 Å². The van der Waals surface area contributed by atoms with Crippen LogP contribution in [0.1, 0.15) is 0 Å². The van der Waals surface area contributed by atoms with Crippen molar-refractivity contribution in [3.63, 3.8) is 0 Å². The number of nitrogens with zero attached hydrogens (tertiary/aromatic N) is 2. The first-order chi connectivity index (χ1) is 25.8. The number of benzene rings is 9. The van der Waals surface area contributed by atoms with Gasteiger partial charge in [0.15, 0.2) is 0 Å². The van der Waals surface area contributed by atoms with E-state index in [1.165, 1.54) is 65.6 Å². The fourth-order valence-electron chi connectivity index (χ4n) is 8.00. The van der Waals surface area contributed by atoms with Gasteiger partial charge in [-0.15, -0.1) is 0 Å². The van der Waals surface area contributed by atoms with Crippen LogP contribution in [0.5, 0.6) is 0 Å². The summed E-state index contributed by atoms with van der Waals surface area (Å²) in [4.78, 5) is 2.47. The Balaban J connectivity index is 1.31. The van der Waals surface area contributed by atoms with Gasteiger partial charge in [0.05, 0.1) is 22.4 Å². The van der Waals surface area contributed by atoms with Crippen LogP contribution in [0.25, 0.3) is 71.3 Å². The molecule has 0 spiro atoms. The summed E-state index contributed by atoms with van der Waals surface area (Å²) in [5, 5.41) is 7.35. The Labute approximate surface area is 303 Å². The predicted octanol–water partition coefficient (Wildman–Crippen LogP) is 13.9. The molecule has 10 rings (SSSR count). The Kier molecular flexibility index (Phi) is 7.18. The third-order valence-electron chi connectivity index (χ3n) is 10.3. The smallest absolute Gasteiger partial charge is 0.0562 e. The molecule has 0 radical (unpaired) electrons. The van der Waals surface area contributed by atoms with E-state index in [-0.39, 0.29) is 0 Å². The predicted molar refractivity (Wildman–Crippen MR) is 221 cm³/mol. The van der Waals surface area contributed by atoms with Crippen molar-refractivity contribution in [1.82, 2.24) is 4.57 Å². The van der Waals surface area contributed by atoms with E-state index >= 15 is 0 Å². The molecule has 2 nitrogen and oxygen atoms in total. The lowest BCUT2D eigenvalue weighted by Crippen LogP contribution is -2.12.